The van der Waals surface area contributed by atoms with Crippen LogP contribution in [0.15, 0.2) is 30.5 Å². The van der Waals surface area contributed by atoms with Crippen LogP contribution in [0.2, 0.25) is 0 Å². The van der Waals surface area contributed by atoms with Crippen molar-refractivity contribution in [2.24, 2.45) is 0 Å². The highest BCUT2D eigenvalue weighted by molar-refractivity contribution is 7.21. The highest BCUT2D eigenvalue weighted by Crippen LogP contribution is 2.28. The SMILES string of the molecule is OCc1cc(Nc2nc3cccnc3s2)nc(NC2CCC(O)CC2)c1. The molecule has 1 fully saturated rings. The lowest BCUT2D eigenvalue weighted by atomic mass is 9.93. The standard InChI is InChI=1S/C18H21N5O2S/c24-10-11-8-15(20-12-3-5-13(25)6-4-12)22-16(9-11)23-18-21-14-2-1-7-19-17(14)26-18/h1-2,7-9,12-13,24-25H,3-6,10H2,(H2,20,21,22,23). The largest absolute Gasteiger partial charge is 0.393 e. The summed E-state index contributed by atoms with van der Waals surface area (Å²) in [6, 6.07) is 7.75. The molecule has 26 heavy (non-hydrogen) atoms. The van der Waals surface area contributed by atoms with E-state index in [4.69, 9.17) is 0 Å². The second-order valence-electron chi connectivity index (χ2n) is 6.53. The Balaban J connectivity index is 1.53. The summed E-state index contributed by atoms with van der Waals surface area (Å²) in [5.41, 5.74) is 1.62. The number of anilines is 3. The molecule has 7 nitrogen and oxygen atoms in total. The summed E-state index contributed by atoms with van der Waals surface area (Å²) in [5, 5.41) is 26.6. The van der Waals surface area contributed by atoms with E-state index in [1.165, 1.54) is 11.3 Å². The number of pyridine rings is 2. The predicted octanol–water partition coefficient (Wildman–Crippen LogP) is 3.04. The van der Waals surface area contributed by atoms with Crippen LogP contribution in [-0.4, -0.2) is 37.3 Å². The van der Waals surface area contributed by atoms with Crippen molar-refractivity contribution in [3.05, 3.63) is 36.0 Å². The third-order valence-corrected chi connectivity index (χ3v) is 5.41. The van der Waals surface area contributed by atoms with Gasteiger partial charge in [0.1, 0.15) is 22.0 Å². The molecule has 3 aromatic heterocycles. The highest BCUT2D eigenvalue weighted by Gasteiger charge is 2.19. The molecule has 0 unspecified atom stereocenters. The average Bonchev–Trinajstić information content (AvgIpc) is 3.05. The van der Waals surface area contributed by atoms with E-state index in [-0.39, 0.29) is 12.7 Å². The number of aliphatic hydroxyl groups excluding tert-OH is 2. The number of rotatable bonds is 5. The van der Waals surface area contributed by atoms with Gasteiger partial charge >= 0.3 is 0 Å². The minimum absolute atomic E-state index is 0.0589. The summed E-state index contributed by atoms with van der Waals surface area (Å²) in [6.45, 7) is -0.0589. The van der Waals surface area contributed by atoms with Gasteiger partial charge in [-0.2, -0.15) is 0 Å². The Labute approximate surface area is 155 Å². The smallest absolute Gasteiger partial charge is 0.190 e. The van der Waals surface area contributed by atoms with Crippen LogP contribution in [0.25, 0.3) is 10.3 Å². The molecule has 0 saturated heterocycles. The van der Waals surface area contributed by atoms with Crippen molar-refractivity contribution in [3.63, 3.8) is 0 Å². The van der Waals surface area contributed by atoms with Crippen LogP contribution in [0.5, 0.6) is 0 Å². The van der Waals surface area contributed by atoms with Gasteiger partial charge in [0.2, 0.25) is 0 Å². The molecular weight excluding hydrogens is 350 g/mol. The minimum Gasteiger partial charge on any atom is -0.393 e. The van der Waals surface area contributed by atoms with E-state index >= 15 is 0 Å². The summed E-state index contributed by atoms with van der Waals surface area (Å²) >= 11 is 1.46. The number of nitrogens with one attached hydrogen (secondary N) is 2. The molecule has 136 valence electrons. The van der Waals surface area contributed by atoms with E-state index < -0.39 is 0 Å². The zero-order chi connectivity index (χ0) is 17.9. The van der Waals surface area contributed by atoms with Gasteiger partial charge < -0.3 is 20.8 Å². The zero-order valence-corrected chi connectivity index (χ0v) is 15.0. The van der Waals surface area contributed by atoms with Crippen LogP contribution < -0.4 is 10.6 Å². The molecule has 0 aliphatic heterocycles. The number of hydrogen-bond acceptors (Lipinski definition) is 8. The normalized spacial score (nSPS) is 20.2. The quantitative estimate of drug-likeness (QED) is 0.546. The topological polar surface area (TPSA) is 103 Å². The van der Waals surface area contributed by atoms with Gasteiger partial charge in [-0.15, -0.1) is 0 Å². The van der Waals surface area contributed by atoms with E-state index in [0.717, 1.165) is 47.4 Å². The second-order valence-corrected chi connectivity index (χ2v) is 7.50. The molecule has 1 aliphatic carbocycles. The molecule has 0 aromatic carbocycles. The van der Waals surface area contributed by atoms with Crippen molar-refractivity contribution in [2.45, 2.75) is 44.4 Å². The first-order valence-electron chi connectivity index (χ1n) is 8.74. The van der Waals surface area contributed by atoms with Gasteiger partial charge in [0.05, 0.1) is 12.7 Å². The summed E-state index contributed by atoms with van der Waals surface area (Å²) in [4.78, 5) is 14.3. The average molecular weight is 371 g/mol. The minimum atomic E-state index is -0.186. The molecule has 0 spiro atoms. The Morgan fingerprint density at radius 3 is 2.69 bits per heavy atom. The van der Waals surface area contributed by atoms with Crippen LogP contribution in [0.1, 0.15) is 31.2 Å². The summed E-state index contributed by atoms with van der Waals surface area (Å²) in [6.07, 6.45) is 5.01. The van der Waals surface area contributed by atoms with Gasteiger partial charge in [-0.05, 0) is 55.5 Å². The second kappa shape index (κ2) is 7.53. The summed E-state index contributed by atoms with van der Waals surface area (Å²) in [7, 11) is 0. The maximum Gasteiger partial charge on any atom is 0.190 e. The van der Waals surface area contributed by atoms with Gasteiger partial charge in [0, 0.05) is 12.2 Å². The molecule has 4 rings (SSSR count). The van der Waals surface area contributed by atoms with Gasteiger partial charge in [0.25, 0.3) is 0 Å². The van der Waals surface area contributed by atoms with Crippen LogP contribution in [0.3, 0.4) is 0 Å². The van der Waals surface area contributed by atoms with Gasteiger partial charge in [-0.1, -0.05) is 11.3 Å². The molecule has 8 heteroatoms. The van der Waals surface area contributed by atoms with Crippen LogP contribution >= 0.6 is 11.3 Å². The lowest BCUT2D eigenvalue weighted by Crippen LogP contribution is -2.28. The Morgan fingerprint density at radius 2 is 1.92 bits per heavy atom. The van der Waals surface area contributed by atoms with E-state index in [2.05, 4.69) is 25.6 Å². The fraction of sp³-hybridized carbons (Fsp3) is 0.389. The maximum absolute atomic E-state index is 9.65. The predicted molar refractivity (Wildman–Crippen MR) is 103 cm³/mol. The molecule has 1 saturated carbocycles. The van der Waals surface area contributed by atoms with Gasteiger partial charge in [0.15, 0.2) is 5.13 Å². The van der Waals surface area contributed by atoms with Crippen molar-refractivity contribution in [1.29, 1.82) is 0 Å². The maximum atomic E-state index is 9.65. The van der Waals surface area contributed by atoms with Crippen LogP contribution in [0, 0.1) is 0 Å². The number of fused-ring (bicyclic) bond motifs is 1. The number of nitrogens with zero attached hydrogens (tertiary/aromatic N) is 3. The highest BCUT2D eigenvalue weighted by atomic mass is 32.1. The molecule has 0 bridgehead atoms. The van der Waals surface area contributed by atoms with Gasteiger partial charge in [-0.3, -0.25) is 0 Å². The molecule has 3 heterocycles. The zero-order valence-electron chi connectivity index (χ0n) is 14.2. The van der Waals surface area contributed by atoms with Crippen molar-refractivity contribution in [1.82, 2.24) is 15.0 Å². The summed E-state index contributed by atoms with van der Waals surface area (Å²) < 4.78 is 0. The van der Waals surface area contributed by atoms with E-state index in [1.807, 2.05) is 24.3 Å². The van der Waals surface area contributed by atoms with E-state index in [0.29, 0.717) is 17.0 Å². The van der Waals surface area contributed by atoms with Crippen molar-refractivity contribution >= 4 is 38.5 Å². The fourth-order valence-electron chi connectivity index (χ4n) is 3.18. The van der Waals surface area contributed by atoms with E-state index in [9.17, 15) is 10.2 Å². The summed E-state index contributed by atoms with van der Waals surface area (Å²) in [5.74, 6) is 1.36. The van der Waals surface area contributed by atoms with Gasteiger partial charge in [-0.25, -0.2) is 15.0 Å². The molecule has 0 amide bonds. The van der Waals surface area contributed by atoms with Crippen molar-refractivity contribution in [3.8, 4) is 0 Å². The third kappa shape index (κ3) is 3.92. The Morgan fingerprint density at radius 1 is 1.12 bits per heavy atom. The lowest BCUT2D eigenvalue weighted by molar-refractivity contribution is 0.126. The first kappa shape index (κ1) is 17.1. The lowest BCUT2D eigenvalue weighted by Gasteiger charge is -2.26. The van der Waals surface area contributed by atoms with Crippen molar-refractivity contribution in [2.75, 3.05) is 10.6 Å². The number of aromatic nitrogens is 3. The molecule has 0 radical (unpaired) electrons. The molecular formula is C18H21N5O2S. The molecule has 1 aliphatic rings. The third-order valence-electron chi connectivity index (χ3n) is 4.52. The van der Waals surface area contributed by atoms with Crippen LogP contribution in [0.4, 0.5) is 16.8 Å². The number of hydrogen-bond donors (Lipinski definition) is 4. The Bertz CT molecular complexity index is 859. The van der Waals surface area contributed by atoms with E-state index in [1.54, 1.807) is 6.20 Å². The van der Waals surface area contributed by atoms with Crippen molar-refractivity contribution < 1.29 is 10.2 Å². The Kier molecular flexibility index (Phi) is 4.96. The molecule has 0 atom stereocenters. The molecule has 3 aromatic rings. The number of aliphatic hydroxyl groups is 2. The Hall–Kier alpha value is -2.29. The fourth-order valence-corrected chi connectivity index (χ4v) is 3.99. The first-order chi connectivity index (χ1) is 12.7. The first-order valence-corrected chi connectivity index (χ1v) is 9.56. The van der Waals surface area contributed by atoms with Crippen LogP contribution in [-0.2, 0) is 6.61 Å². The monoisotopic (exact) mass is 371 g/mol. The number of thiazole rings is 1. The molecule has 4 N–H and O–H groups in total.